The molecule has 0 atom stereocenters. The van der Waals surface area contributed by atoms with Crippen LogP contribution < -0.4 is 0 Å². The molecule has 8 nitrogen and oxygen atoms in total. The van der Waals surface area contributed by atoms with Gasteiger partial charge in [0.05, 0.1) is 23.0 Å². The second-order valence-electron chi connectivity index (χ2n) is 7.92. The van der Waals surface area contributed by atoms with Gasteiger partial charge in [-0.05, 0) is 43.1 Å². The standard InChI is InChI=1S/C19H31N3O5S2/c1-17(2)7-8-20-9-11-21(12-10-20)28(23,24)18-3-5-19(6-4-18)29(25,26)22-13-15-27-16-14-22/h3-6,17H,7-16H2,1-2H3. The molecular formula is C19H31N3O5S2. The molecule has 0 bridgehead atoms. The average Bonchev–Trinajstić information content (AvgIpc) is 2.73. The molecule has 2 fully saturated rings. The molecule has 0 N–H and O–H groups in total. The molecule has 0 saturated carbocycles. The average molecular weight is 446 g/mol. The highest BCUT2D eigenvalue weighted by molar-refractivity contribution is 7.89. The van der Waals surface area contributed by atoms with Gasteiger partial charge < -0.3 is 9.64 Å². The topological polar surface area (TPSA) is 87.2 Å². The molecule has 1 aromatic carbocycles. The lowest BCUT2D eigenvalue weighted by molar-refractivity contribution is 0.0730. The predicted molar refractivity (Wildman–Crippen MR) is 111 cm³/mol. The van der Waals surface area contributed by atoms with Gasteiger partial charge in [-0.25, -0.2) is 16.8 Å². The van der Waals surface area contributed by atoms with Crippen LogP contribution >= 0.6 is 0 Å². The first kappa shape index (κ1) is 22.6. The van der Waals surface area contributed by atoms with Crippen LogP contribution in [0, 0.1) is 5.92 Å². The molecule has 2 saturated heterocycles. The Labute approximate surface area is 174 Å². The maximum atomic E-state index is 13.0. The zero-order valence-corrected chi connectivity index (χ0v) is 18.8. The Morgan fingerprint density at radius 2 is 1.24 bits per heavy atom. The minimum Gasteiger partial charge on any atom is -0.379 e. The van der Waals surface area contributed by atoms with Crippen molar-refractivity contribution in [3.8, 4) is 0 Å². The highest BCUT2D eigenvalue weighted by Gasteiger charge is 2.30. The van der Waals surface area contributed by atoms with Crippen molar-refractivity contribution in [1.82, 2.24) is 13.5 Å². The fourth-order valence-electron chi connectivity index (χ4n) is 3.50. The number of ether oxygens (including phenoxy) is 1. The zero-order valence-electron chi connectivity index (χ0n) is 17.2. The molecule has 1 aromatic rings. The summed E-state index contributed by atoms with van der Waals surface area (Å²) in [6.45, 7) is 9.05. The molecule has 10 heteroatoms. The van der Waals surface area contributed by atoms with E-state index in [2.05, 4.69) is 18.7 Å². The van der Waals surface area contributed by atoms with Crippen molar-refractivity contribution in [2.75, 3.05) is 59.0 Å². The van der Waals surface area contributed by atoms with Crippen LogP contribution in [-0.4, -0.2) is 89.4 Å². The third kappa shape index (κ3) is 5.36. The van der Waals surface area contributed by atoms with E-state index in [4.69, 9.17) is 4.74 Å². The quantitative estimate of drug-likeness (QED) is 0.624. The lowest BCUT2D eigenvalue weighted by atomic mass is 10.1. The van der Waals surface area contributed by atoms with E-state index in [9.17, 15) is 16.8 Å². The molecule has 0 spiro atoms. The SMILES string of the molecule is CC(C)CCN1CCN(S(=O)(=O)c2ccc(S(=O)(=O)N3CCOCC3)cc2)CC1. The van der Waals surface area contributed by atoms with Crippen molar-refractivity contribution < 1.29 is 21.6 Å². The van der Waals surface area contributed by atoms with Crippen LogP contribution in [0.5, 0.6) is 0 Å². The second kappa shape index (κ2) is 9.40. The summed E-state index contributed by atoms with van der Waals surface area (Å²) in [6, 6.07) is 5.56. The van der Waals surface area contributed by atoms with Crippen LogP contribution in [-0.2, 0) is 24.8 Å². The molecule has 2 aliphatic heterocycles. The summed E-state index contributed by atoms with van der Waals surface area (Å²) in [5.74, 6) is 0.629. The Balaban J connectivity index is 1.66. The van der Waals surface area contributed by atoms with Gasteiger partial charge in [-0.3, -0.25) is 0 Å². The van der Waals surface area contributed by atoms with E-state index >= 15 is 0 Å². The minimum absolute atomic E-state index is 0.108. The molecule has 29 heavy (non-hydrogen) atoms. The normalized spacial score (nSPS) is 20.9. The zero-order chi connectivity index (χ0) is 21.1. The minimum atomic E-state index is -3.63. The van der Waals surface area contributed by atoms with Gasteiger partial charge in [0.25, 0.3) is 0 Å². The summed E-state index contributed by atoms with van der Waals surface area (Å²) in [5, 5.41) is 0. The van der Waals surface area contributed by atoms with E-state index in [0.717, 1.165) is 26.1 Å². The number of hydrogen-bond acceptors (Lipinski definition) is 6. The van der Waals surface area contributed by atoms with E-state index in [1.165, 1.54) is 32.9 Å². The highest BCUT2D eigenvalue weighted by Crippen LogP contribution is 2.22. The predicted octanol–water partition coefficient (Wildman–Crippen LogP) is 1.06. The molecule has 2 aliphatic rings. The molecule has 164 valence electrons. The molecule has 0 amide bonds. The summed E-state index contributed by atoms with van der Waals surface area (Å²) >= 11 is 0. The van der Waals surface area contributed by atoms with Crippen molar-refractivity contribution in [1.29, 1.82) is 0 Å². The summed E-state index contributed by atoms with van der Waals surface area (Å²) < 4.78 is 59.4. The van der Waals surface area contributed by atoms with Gasteiger partial charge in [-0.15, -0.1) is 0 Å². The van der Waals surface area contributed by atoms with E-state index in [1.807, 2.05) is 0 Å². The van der Waals surface area contributed by atoms with Crippen molar-refractivity contribution >= 4 is 20.0 Å². The number of rotatable bonds is 7. The third-order valence-corrected chi connectivity index (χ3v) is 9.25. The van der Waals surface area contributed by atoms with Crippen LogP contribution in [0.4, 0.5) is 0 Å². The van der Waals surface area contributed by atoms with Crippen molar-refractivity contribution in [3.05, 3.63) is 24.3 Å². The van der Waals surface area contributed by atoms with Crippen LogP contribution in [0.15, 0.2) is 34.1 Å². The van der Waals surface area contributed by atoms with Gasteiger partial charge in [0.2, 0.25) is 20.0 Å². The Morgan fingerprint density at radius 3 is 1.69 bits per heavy atom. The number of benzene rings is 1. The molecule has 0 aliphatic carbocycles. The van der Waals surface area contributed by atoms with E-state index in [-0.39, 0.29) is 9.79 Å². The first-order chi connectivity index (χ1) is 13.7. The Morgan fingerprint density at radius 1 is 0.793 bits per heavy atom. The molecular weight excluding hydrogens is 414 g/mol. The number of nitrogens with zero attached hydrogens (tertiary/aromatic N) is 3. The molecule has 3 rings (SSSR count). The molecule has 0 unspecified atom stereocenters. The number of piperazine rings is 1. The third-order valence-electron chi connectivity index (χ3n) is 5.42. The fraction of sp³-hybridized carbons (Fsp3) is 0.684. The first-order valence-corrected chi connectivity index (χ1v) is 13.0. The maximum Gasteiger partial charge on any atom is 0.243 e. The maximum absolute atomic E-state index is 13.0. The van der Waals surface area contributed by atoms with Gasteiger partial charge >= 0.3 is 0 Å². The molecule has 0 radical (unpaired) electrons. The Kier molecular flexibility index (Phi) is 7.34. The van der Waals surface area contributed by atoms with Crippen LogP contribution in [0.1, 0.15) is 20.3 Å². The summed E-state index contributed by atoms with van der Waals surface area (Å²) in [5.41, 5.74) is 0. The summed E-state index contributed by atoms with van der Waals surface area (Å²) in [4.78, 5) is 2.54. The molecule has 2 heterocycles. The van der Waals surface area contributed by atoms with E-state index in [0.29, 0.717) is 45.3 Å². The van der Waals surface area contributed by atoms with Gasteiger partial charge in [-0.2, -0.15) is 8.61 Å². The monoisotopic (exact) mass is 445 g/mol. The largest absolute Gasteiger partial charge is 0.379 e. The first-order valence-electron chi connectivity index (χ1n) is 10.1. The van der Waals surface area contributed by atoms with Gasteiger partial charge in [-0.1, -0.05) is 13.8 Å². The van der Waals surface area contributed by atoms with E-state index in [1.54, 1.807) is 0 Å². The Hall–Kier alpha value is -1.04. The van der Waals surface area contributed by atoms with Gasteiger partial charge in [0.1, 0.15) is 0 Å². The lowest BCUT2D eigenvalue weighted by Gasteiger charge is -2.34. The van der Waals surface area contributed by atoms with Crippen molar-refractivity contribution in [2.45, 2.75) is 30.1 Å². The van der Waals surface area contributed by atoms with Crippen LogP contribution in [0.2, 0.25) is 0 Å². The van der Waals surface area contributed by atoms with Crippen molar-refractivity contribution in [2.24, 2.45) is 5.92 Å². The van der Waals surface area contributed by atoms with Crippen LogP contribution in [0.3, 0.4) is 0 Å². The van der Waals surface area contributed by atoms with Crippen LogP contribution in [0.25, 0.3) is 0 Å². The Bertz CT molecular complexity index is 871. The number of sulfonamides is 2. The summed E-state index contributed by atoms with van der Waals surface area (Å²) in [7, 11) is -7.26. The fourth-order valence-corrected chi connectivity index (χ4v) is 6.33. The van der Waals surface area contributed by atoms with Gasteiger partial charge in [0.15, 0.2) is 0 Å². The van der Waals surface area contributed by atoms with E-state index < -0.39 is 20.0 Å². The van der Waals surface area contributed by atoms with Crippen molar-refractivity contribution in [3.63, 3.8) is 0 Å². The number of hydrogen-bond donors (Lipinski definition) is 0. The smallest absolute Gasteiger partial charge is 0.243 e. The summed E-state index contributed by atoms with van der Waals surface area (Å²) in [6.07, 6.45) is 1.10. The number of morpholine rings is 1. The lowest BCUT2D eigenvalue weighted by Crippen LogP contribution is -2.48. The van der Waals surface area contributed by atoms with Gasteiger partial charge in [0, 0.05) is 39.3 Å². The molecule has 0 aromatic heterocycles. The highest BCUT2D eigenvalue weighted by atomic mass is 32.2. The second-order valence-corrected chi connectivity index (χ2v) is 11.8.